The summed E-state index contributed by atoms with van der Waals surface area (Å²) >= 11 is 0. The van der Waals surface area contributed by atoms with Gasteiger partial charge >= 0.3 is 0 Å². The van der Waals surface area contributed by atoms with Gasteiger partial charge in [0.1, 0.15) is 0 Å². The van der Waals surface area contributed by atoms with Crippen molar-refractivity contribution in [1.82, 2.24) is 0 Å². The standard InChI is InChI=1S/C14H22N2O2.ClH/c1-4-18-9-12-6-5-7-13(8-12)16-14(17)10(2)11(3)15;/h5-8,10-11H,4,9,15H2,1-3H3,(H,16,17);1H. The number of ether oxygens (including phenoxy) is 1. The smallest absolute Gasteiger partial charge is 0.228 e. The summed E-state index contributed by atoms with van der Waals surface area (Å²) in [5.74, 6) is -0.265. The molecule has 0 saturated carbocycles. The topological polar surface area (TPSA) is 64.3 Å². The fraction of sp³-hybridized carbons (Fsp3) is 0.500. The number of hydrogen-bond donors (Lipinski definition) is 2. The van der Waals surface area contributed by atoms with Crippen LogP contribution in [0.4, 0.5) is 5.69 Å². The lowest BCUT2D eigenvalue weighted by atomic mass is 10.0. The Labute approximate surface area is 121 Å². The predicted molar refractivity (Wildman–Crippen MR) is 80.5 cm³/mol. The summed E-state index contributed by atoms with van der Waals surface area (Å²) in [6.45, 7) is 6.84. The average Bonchev–Trinajstić information content (AvgIpc) is 2.35. The van der Waals surface area contributed by atoms with Crippen LogP contribution in [0.5, 0.6) is 0 Å². The molecule has 19 heavy (non-hydrogen) atoms. The van der Waals surface area contributed by atoms with Gasteiger partial charge in [-0.15, -0.1) is 12.4 Å². The molecular weight excluding hydrogens is 264 g/mol. The molecule has 2 atom stereocenters. The number of rotatable bonds is 6. The number of anilines is 1. The monoisotopic (exact) mass is 286 g/mol. The molecular formula is C14H23ClN2O2. The van der Waals surface area contributed by atoms with Crippen molar-refractivity contribution in [2.24, 2.45) is 11.7 Å². The van der Waals surface area contributed by atoms with Crippen LogP contribution in [-0.4, -0.2) is 18.6 Å². The van der Waals surface area contributed by atoms with Crippen LogP contribution >= 0.6 is 12.4 Å². The molecule has 108 valence electrons. The zero-order valence-corrected chi connectivity index (χ0v) is 12.5. The third kappa shape index (κ3) is 6.05. The van der Waals surface area contributed by atoms with E-state index in [1.165, 1.54) is 0 Å². The maximum Gasteiger partial charge on any atom is 0.228 e. The van der Waals surface area contributed by atoms with Gasteiger partial charge in [-0.3, -0.25) is 4.79 Å². The Hall–Kier alpha value is -1.10. The quantitative estimate of drug-likeness (QED) is 0.845. The molecule has 0 aliphatic rings. The SMILES string of the molecule is CCOCc1cccc(NC(=O)C(C)C(C)N)c1.Cl. The molecule has 0 aliphatic carbocycles. The van der Waals surface area contributed by atoms with Gasteiger partial charge in [0.05, 0.1) is 12.5 Å². The van der Waals surface area contributed by atoms with Crippen molar-refractivity contribution < 1.29 is 9.53 Å². The van der Waals surface area contributed by atoms with Crippen molar-refractivity contribution in [3.05, 3.63) is 29.8 Å². The Morgan fingerprint density at radius 1 is 1.42 bits per heavy atom. The van der Waals surface area contributed by atoms with E-state index in [2.05, 4.69) is 5.32 Å². The van der Waals surface area contributed by atoms with E-state index in [0.29, 0.717) is 13.2 Å². The molecule has 1 amide bonds. The minimum Gasteiger partial charge on any atom is -0.377 e. The summed E-state index contributed by atoms with van der Waals surface area (Å²) in [6, 6.07) is 7.50. The number of carbonyl (C=O) groups is 1. The van der Waals surface area contributed by atoms with Gasteiger partial charge < -0.3 is 15.8 Å². The largest absolute Gasteiger partial charge is 0.377 e. The highest BCUT2D eigenvalue weighted by molar-refractivity contribution is 5.92. The van der Waals surface area contributed by atoms with Gasteiger partial charge in [0.2, 0.25) is 5.91 Å². The highest BCUT2D eigenvalue weighted by atomic mass is 35.5. The number of nitrogens with two attached hydrogens (primary N) is 1. The molecule has 2 unspecified atom stereocenters. The first kappa shape index (κ1) is 17.9. The van der Waals surface area contributed by atoms with Crippen LogP contribution in [0.1, 0.15) is 26.3 Å². The Morgan fingerprint density at radius 2 is 2.11 bits per heavy atom. The summed E-state index contributed by atoms with van der Waals surface area (Å²) in [5.41, 5.74) is 7.53. The van der Waals surface area contributed by atoms with E-state index in [1.807, 2.05) is 45.0 Å². The summed E-state index contributed by atoms with van der Waals surface area (Å²) < 4.78 is 5.33. The van der Waals surface area contributed by atoms with Gasteiger partial charge in [0.25, 0.3) is 0 Å². The molecule has 0 fully saturated rings. The maximum atomic E-state index is 11.9. The van der Waals surface area contributed by atoms with Gasteiger partial charge in [-0.25, -0.2) is 0 Å². The first-order valence-corrected chi connectivity index (χ1v) is 6.27. The van der Waals surface area contributed by atoms with E-state index < -0.39 is 0 Å². The molecule has 0 aromatic heterocycles. The van der Waals surface area contributed by atoms with Crippen molar-refractivity contribution in [2.45, 2.75) is 33.4 Å². The highest BCUT2D eigenvalue weighted by Crippen LogP contribution is 2.13. The lowest BCUT2D eigenvalue weighted by Gasteiger charge is -2.15. The third-order valence-corrected chi connectivity index (χ3v) is 2.87. The molecule has 3 N–H and O–H groups in total. The number of halogens is 1. The number of hydrogen-bond acceptors (Lipinski definition) is 3. The van der Waals surface area contributed by atoms with Crippen LogP contribution in [0.2, 0.25) is 0 Å². The van der Waals surface area contributed by atoms with Crippen molar-refractivity contribution in [3.8, 4) is 0 Å². The van der Waals surface area contributed by atoms with Crippen molar-refractivity contribution in [1.29, 1.82) is 0 Å². The van der Waals surface area contributed by atoms with E-state index >= 15 is 0 Å². The predicted octanol–water partition coefficient (Wildman–Crippen LogP) is 2.57. The van der Waals surface area contributed by atoms with E-state index in [9.17, 15) is 4.79 Å². The molecule has 1 aromatic rings. The second-order valence-electron chi connectivity index (χ2n) is 4.47. The van der Waals surface area contributed by atoms with Crippen LogP contribution < -0.4 is 11.1 Å². The van der Waals surface area contributed by atoms with E-state index in [4.69, 9.17) is 10.5 Å². The lowest BCUT2D eigenvalue weighted by molar-refractivity contribution is -0.119. The Morgan fingerprint density at radius 3 is 2.68 bits per heavy atom. The minimum absolute atomic E-state index is 0. The fourth-order valence-electron chi connectivity index (χ4n) is 1.45. The van der Waals surface area contributed by atoms with Crippen LogP contribution in [-0.2, 0) is 16.1 Å². The summed E-state index contributed by atoms with van der Waals surface area (Å²) in [4.78, 5) is 11.9. The fourth-order valence-corrected chi connectivity index (χ4v) is 1.45. The van der Waals surface area contributed by atoms with Crippen molar-refractivity contribution >= 4 is 24.0 Å². The number of amides is 1. The zero-order valence-electron chi connectivity index (χ0n) is 11.7. The molecule has 0 spiro atoms. The molecule has 4 nitrogen and oxygen atoms in total. The van der Waals surface area contributed by atoms with E-state index in [0.717, 1.165) is 11.3 Å². The van der Waals surface area contributed by atoms with Crippen LogP contribution in [0.3, 0.4) is 0 Å². The zero-order chi connectivity index (χ0) is 13.5. The maximum absolute atomic E-state index is 11.9. The normalized spacial score (nSPS) is 13.3. The molecule has 1 aromatic carbocycles. The number of carbonyl (C=O) groups excluding carboxylic acids is 1. The van der Waals surface area contributed by atoms with Gasteiger partial charge in [-0.2, -0.15) is 0 Å². The molecule has 0 aliphatic heterocycles. The Kier molecular flexibility index (Phi) is 8.39. The second kappa shape index (κ2) is 8.91. The minimum atomic E-state index is -0.208. The van der Waals surface area contributed by atoms with Crippen molar-refractivity contribution in [2.75, 3.05) is 11.9 Å². The summed E-state index contributed by atoms with van der Waals surface area (Å²) in [7, 11) is 0. The molecule has 5 heteroatoms. The number of benzene rings is 1. The summed E-state index contributed by atoms with van der Waals surface area (Å²) in [6.07, 6.45) is 0. The molecule has 0 heterocycles. The van der Waals surface area contributed by atoms with Crippen LogP contribution in [0, 0.1) is 5.92 Å². The van der Waals surface area contributed by atoms with Crippen molar-refractivity contribution in [3.63, 3.8) is 0 Å². The Bertz CT molecular complexity index is 397. The number of nitrogens with one attached hydrogen (secondary N) is 1. The second-order valence-corrected chi connectivity index (χ2v) is 4.47. The van der Waals surface area contributed by atoms with Gasteiger partial charge in [-0.05, 0) is 31.5 Å². The first-order valence-electron chi connectivity index (χ1n) is 6.27. The Balaban J connectivity index is 0.00000324. The third-order valence-electron chi connectivity index (χ3n) is 2.87. The molecule has 0 radical (unpaired) electrons. The van der Waals surface area contributed by atoms with Gasteiger partial charge in [0, 0.05) is 18.3 Å². The van der Waals surface area contributed by atoms with E-state index in [-0.39, 0.29) is 30.3 Å². The van der Waals surface area contributed by atoms with Crippen LogP contribution in [0.15, 0.2) is 24.3 Å². The molecule has 0 saturated heterocycles. The van der Waals surface area contributed by atoms with Crippen LogP contribution in [0.25, 0.3) is 0 Å². The average molecular weight is 287 g/mol. The lowest BCUT2D eigenvalue weighted by Crippen LogP contribution is -2.34. The van der Waals surface area contributed by atoms with Gasteiger partial charge in [0.15, 0.2) is 0 Å². The first-order chi connectivity index (χ1) is 8.54. The molecule has 0 bridgehead atoms. The molecule has 1 rings (SSSR count). The van der Waals surface area contributed by atoms with E-state index in [1.54, 1.807) is 0 Å². The van der Waals surface area contributed by atoms with Gasteiger partial charge in [-0.1, -0.05) is 19.1 Å². The highest BCUT2D eigenvalue weighted by Gasteiger charge is 2.16. The summed E-state index contributed by atoms with van der Waals surface area (Å²) in [5, 5.41) is 2.87.